The molecule has 1 aromatic heterocycles. The lowest BCUT2D eigenvalue weighted by Crippen LogP contribution is -2.69. The molecule has 1 saturated carbocycles. The van der Waals surface area contributed by atoms with Gasteiger partial charge in [-0.3, -0.25) is 34.9 Å². The highest BCUT2D eigenvalue weighted by atomic mass is 32.2. The molecule has 2 aliphatic heterocycles. The van der Waals surface area contributed by atoms with E-state index < -0.39 is 34.4 Å². The summed E-state index contributed by atoms with van der Waals surface area (Å²) in [6.45, 7) is 1.56. The van der Waals surface area contributed by atoms with Gasteiger partial charge < -0.3 is 14.9 Å². The molecule has 3 heterocycles. The minimum Gasteiger partial charge on any atom is -0.502 e. The van der Waals surface area contributed by atoms with Crippen LogP contribution in [0, 0.1) is 28.4 Å². The highest BCUT2D eigenvalue weighted by Gasteiger charge is 2.51. The molecule has 3 aliphatic rings. The number of likely N-dealkylation sites (tertiary alicyclic amines) is 1. The molecule has 2 fully saturated rings. The van der Waals surface area contributed by atoms with Crippen LogP contribution in [0.5, 0.6) is 5.75 Å². The molecule has 1 aromatic carbocycles. The summed E-state index contributed by atoms with van der Waals surface area (Å²) < 4.78 is 28.7. The summed E-state index contributed by atoms with van der Waals surface area (Å²) >= 11 is 0.605. The number of nitrogens with zero attached hydrogens (tertiary/aromatic N) is 4. The number of hydrogen-bond donors (Lipinski definition) is 3. The van der Waals surface area contributed by atoms with Gasteiger partial charge in [-0.1, -0.05) is 17.8 Å². The number of hydrogen-bond acceptors (Lipinski definition) is 8. The van der Waals surface area contributed by atoms with Crippen molar-refractivity contribution in [1.82, 2.24) is 14.5 Å². The Morgan fingerprint density at radius 2 is 1.78 bits per heavy atom. The maximum absolute atomic E-state index is 14.1. The summed E-state index contributed by atoms with van der Waals surface area (Å²) in [6, 6.07) is 3.00. The van der Waals surface area contributed by atoms with Gasteiger partial charge in [0.25, 0.3) is 5.91 Å². The van der Waals surface area contributed by atoms with Crippen molar-refractivity contribution in [3.8, 4) is 5.75 Å². The number of rotatable bonds is 4. The molecule has 0 atom stereocenters. The number of aromatic hydroxyl groups is 1. The van der Waals surface area contributed by atoms with E-state index in [2.05, 4.69) is 0 Å². The van der Waals surface area contributed by atoms with Crippen molar-refractivity contribution in [2.75, 3.05) is 32.2 Å². The van der Waals surface area contributed by atoms with Crippen molar-refractivity contribution in [1.29, 1.82) is 10.8 Å². The average Bonchev–Trinajstić information content (AvgIpc) is 3.49. The van der Waals surface area contributed by atoms with Gasteiger partial charge in [0, 0.05) is 51.8 Å². The molecular formula is C28H32F2N6O4S. The van der Waals surface area contributed by atoms with Crippen molar-refractivity contribution in [3.05, 3.63) is 63.1 Å². The van der Waals surface area contributed by atoms with E-state index in [9.17, 15) is 28.3 Å². The highest BCUT2D eigenvalue weighted by Crippen LogP contribution is 2.42. The molecule has 1 spiro atoms. The molecule has 2 aromatic rings. The van der Waals surface area contributed by atoms with Gasteiger partial charge >= 0.3 is 0 Å². The molecule has 1 aliphatic carbocycles. The van der Waals surface area contributed by atoms with E-state index in [0.717, 1.165) is 32.0 Å². The fourth-order valence-corrected chi connectivity index (χ4v) is 6.92. The van der Waals surface area contributed by atoms with Crippen LogP contribution in [-0.2, 0) is 11.2 Å². The molecule has 1 saturated heterocycles. The van der Waals surface area contributed by atoms with Crippen LogP contribution in [0.1, 0.15) is 60.1 Å². The van der Waals surface area contributed by atoms with Crippen LogP contribution >= 0.6 is 11.8 Å². The Morgan fingerprint density at radius 3 is 2.41 bits per heavy atom. The van der Waals surface area contributed by atoms with Gasteiger partial charge in [-0.15, -0.1) is 0 Å². The van der Waals surface area contributed by atoms with Gasteiger partial charge in [-0.05, 0) is 50.2 Å². The Labute approximate surface area is 239 Å². The van der Waals surface area contributed by atoms with Crippen molar-refractivity contribution in [2.45, 2.75) is 50.6 Å². The zero-order valence-electron chi connectivity index (χ0n) is 22.9. The summed E-state index contributed by atoms with van der Waals surface area (Å²) in [5, 5.41) is 28.8. The van der Waals surface area contributed by atoms with Crippen LogP contribution in [-0.4, -0.2) is 74.3 Å². The number of amides is 2. The quantitative estimate of drug-likeness (QED) is 0.372. The largest absolute Gasteiger partial charge is 0.502 e. The zero-order chi connectivity index (χ0) is 29.6. The SMILES string of the molecule is CN1C(=O)c2c(O)c(=O)c(C(=N)SC(=N)Cc3ccc(F)cc3F)cn2N(C)C12CCC(C(=O)N1CCCC1)CC2. The van der Waals surface area contributed by atoms with Crippen LogP contribution in [0.25, 0.3) is 0 Å². The summed E-state index contributed by atoms with van der Waals surface area (Å²) in [5.41, 5.74) is -2.13. The summed E-state index contributed by atoms with van der Waals surface area (Å²) in [5.74, 6) is -2.89. The maximum atomic E-state index is 14.1. The molecule has 3 N–H and O–H groups in total. The first-order chi connectivity index (χ1) is 19.4. The molecule has 5 rings (SSSR count). The lowest BCUT2D eigenvalue weighted by molar-refractivity contribution is -0.136. The van der Waals surface area contributed by atoms with Crippen LogP contribution in [0.4, 0.5) is 8.78 Å². The predicted octanol–water partition coefficient (Wildman–Crippen LogP) is 3.27. The lowest BCUT2D eigenvalue weighted by Gasteiger charge is -2.55. The normalized spacial score (nSPS) is 22.3. The topological polar surface area (TPSA) is 134 Å². The molecule has 41 heavy (non-hydrogen) atoms. The smallest absolute Gasteiger partial charge is 0.278 e. The Morgan fingerprint density at radius 1 is 1.12 bits per heavy atom. The van der Waals surface area contributed by atoms with E-state index in [1.165, 1.54) is 21.8 Å². The summed E-state index contributed by atoms with van der Waals surface area (Å²) in [7, 11) is 3.36. The number of benzene rings is 1. The summed E-state index contributed by atoms with van der Waals surface area (Å²) in [4.78, 5) is 43.0. The third-order valence-electron chi connectivity index (χ3n) is 8.61. The number of pyridine rings is 1. The number of carbonyl (C=O) groups excluding carboxylic acids is 2. The molecule has 10 nitrogen and oxygen atoms in total. The van der Waals surface area contributed by atoms with Crippen LogP contribution in [0.2, 0.25) is 0 Å². The molecule has 0 radical (unpaired) electrons. The Hall–Kier alpha value is -3.74. The van der Waals surface area contributed by atoms with Crippen molar-refractivity contribution in [2.24, 2.45) is 5.92 Å². The van der Waals surface area contributed by atoms with E-state index in [0.29, 0.717) is 43.5 Å². The number of thioether (sulfide) groups is 1. The van der Waals surface area contributed by atoms with Gasteiger partial charge in [0.15, 0.2) is 11.4 Å². The lowest BCUT2D eigenvalue weighted by atomic mass is 9.79. The summed E-state index contributed by atoms with van der Waals surface area (Å²) in [6.07, 6.45) is 5.27. The second-order valence-electron chi connectivity index (χ2n) is 10.9. The van der Waals surface area contributed by atoms with Crippen LogP contribution in [0.3, 0.4) is 0 Å². The number of fused-ring (bicyclic) bond motifs is 1. The number of nitrogens with one attached hydrogen (secondary N) is 2. The highest BCUT2D eigenvalue weighted by molar-refractivity contribution is 8.26. The average molecular weight is 587 g/mol. The first kappa shape index (κ1) is 28.8. The first-order valence-corrected chi connectivity index (χ1v) is 14.3. The van der Waals surface area contributed by atoms with Gasteiger partial charge in [-0.25, -0.2) is 8.78 Å². The Balaban J connectivity index is 1.39. The molecular weight excluding hydrogens is 554 g/mol. The molecule has 218 valence electrons. The fourth-order valence-electron chi connectivity index (χ4n) is 6.19. The van der Waals surface area contributed by atoms with Crippen LogP contribution < -0.4 is 10.4 Å². The van der Waals surface area contributed by atoms with Crippen LogP contribution in [0.15, 0.2) is 29.2 Å². The third-order valence-corrected chi connectivity index (χ3v) is 9.43. The Kier molecular flexibility index (Phi) is 7.66. The predicted molar refractivity (Wildman–Crippen MR) is 151 cm³/mol. The van der Waals surface area contributed by atoms with E-state index >= 15 is 0 Å². The van der Waals surface area contributed by atoms with E-state index in [4.69, 9.17) is 10.8 Å². The van der Waals surface area contributed by atoms with Crippen molar-refractivity contribution < 1.29 is 23.5 Å². The molecule has 13 heteroatoms. The second-order valence-corrected chi connectivity index (χ2v) is 12.0. The zero-order valence-corrected chi connectivity index (χ0v) is 23.7. The van der Waals surface area contributed by atoms with E-state index in [1.807, 2.05) is 4.90 Å². The number of aromatic nitrogens is 1. The standard InChI is InChI=1S/C28H32F2N6O4S/c1-33-27(40)22-24(38)23(37)19(25(32)41-21(31)13-17-5-6-18(29)14-20(17)30)15-36(22)34(2)28(33)9-7-16(8-10-28)26(39)35-11-3-4-12-35/h5-6,14-16,31-32,38H,3-4,7-13H2,1-2H3. The number of halogens is 2. The van der Waals surface area contributed by atoms with E-state index in [1.54, 1.807) is 19.1 Å². The van der Waals surface area contributed by atoms with Crippen molar-refractivity contribution >= 4 is 33.7 Å². The minimum absolute atomic E-state index is 0.0656. The second kappa shape index (κ2) is 10.9. The number of carbonyl (C=O) groups is 2. The molecule has 0 unspecified atom stereocenters. The van der Waals surface area contributed by atoms with Gasteiger partial charge in [0.2, 0.25) is 11.3 Å². The molecule has 2 amide bonds. The van der Waals surface area contributed by atoms with E-state index in [-0.39, 0.29) is 45.2 Å². The fraction of sp³-hybridized carbons (Fsp3) is 0.464. The Bertz CT molecular complexity index is 1500. The third kappa shape index (κ3) is 5.00. The maximum Gasteiger partial charge on any atom is 0.278 e. The monoisotopic (exact) mass is 586 g/mol. The van der Waals surface area contributed by atoms with Gasteiger partial charge in [0.1, 0.15) is 22.3 Å². The molecule has 0 bridgehead atoms. The van der Waals surface area contributed by atoms with Gasteiger partial charge in [0.05, 0.1) is 10.6 Å². The minimum atomic E-state index is -0.930. The van der Waals surface area contributed by atoms with Crippen molar-refractivity contribution in [3.63, 3.8) is 0 Å². The first-order valence-electron chi connectivity index (χ1n) is 13.5. The van der Waals surface area contributed by atoms with Gasteiger partial charge in [-0.2, -0.15) is 0 Å².